The van der Waals surface area contributed by atoms with Crippen LogP contribution in [-0.4, -0.2) is 30.1 Å². The molecule has 13 heavy (non-hydrogen) atoms. The Hall–Kier alpha value is -0.0800. The Morgan fingerprint density at radius 2 is 1.69 bits per heavy atom. The average Bonchev–Trinajstić information content (AvgIpc) is 1.95. The molecule has 2 N–H and O–H groups in total. The van der Waals surface area contributed by atoms with Gasteiger partial charge in [0, 0.05) is 18.6 Å². The highest BCUT2D eigenvalue weighted by molar-refractivity contribution is 4.76. The maximum Gasteiger partial charge on any atom is 0.0125 e. The first kappa shape index (κ1) is 12.9. The van der Waals surface area contributed by atoms with E-state index in [0.29, 0.717) is 0 Å². The van der Waals surface area contributed by atoms with Gasteiger partial charge in [-0.15, -0.1) is 0 Å². The van der Waals surface area contributed by atoms with Crippen molar-refractivity contribution in [2.75, 3.05) is 19.6 Å². The van der Waals surface area contributed by atoms with Crippen molar-refractivity contribution >= 4 is 0 Å². The van der Waals surface area contributed by atoms with Gasteiger partial charge in [0.25, 0.3) is 0 Å². The zero-order valence-electron chi connectivity index (χ0n) is 9.93. The maximum atomic E-state index is 5.59. The van der Waals surface area contributed by atoms with Crippen molar-refractivity contribution in [3.05, 3.63) is 0 Å². The first-order chi connectivity index (χ1) is 5.88. The minimum absolute atomic E-state index is 0.258. The fourth-order valence-electron chi connectivity index (χ4n) is 1.35. The molecule has 0 spiro atoms. The van der Waals surface area contributed by atoms with Gasteiger partial charge in [0.05, 0.1) is 0 Å². The van der Waals surface area contributed by atoms with Crippen molar-refractivity contribution in [2.45, 2.75) is 46.6 Å². The van der Waals surface area contributed by atoms with Crippen molar-refractivity contribution in [3.8, 4) is 0 Å². The minimum Gasteiger partial charge on any atom is -0.329 e. The fourth-order valence-corrected chi connectivity index (χ4v) is 1.35. The van der Waals surface area contributed by atoms with Gasteiger partial charge < -0.3 is 5.73 Å². The van der Waals surface area contributed by atoms with Gasteiger partial charge in [0.15, 0.2) is 0 Å². The summed E-state index contributed by atoms with van der Waals surface area (Å²) in [5.74, 6) is 0.780. The number of hydrogen-bond acceptors (Lipinski definition) is 2. The van der Waals surface area contributed by atoms with Crippen molar-refractivity contribution in [2.24, 2.45) is 11.7 Å². The van der Waals surface area contributed by atoms with Crippen LogP contribution in [0.25, 0.3) is 0 Å². The van der Waals surface area contributed by atoms with Gasteiger partial charge >= 0.3 is 0 Å². The highest BCUT2D eigenvalue weighted by Gasteiger charge is 2.19. The summed E-state index contributed by atoms with van der Waals surface area (Å²) in [6.07, 6.45) is 1.26. The highest BCUT2D eigenvalue weighted by atomic mass is 15.2. The molecule has 0 fully saturated rings. The lowest BCUT2D eigenvalue weighted by molar-refractivity contribution is 0.133. The molecule has 0 saturated heterocycles. The van der Waals surface area contributed by atoms with E-state index in [0.717, 1.165) is 19.0 Å². The second-order valence-corrected chi connectivity index (χ2v) is 5.13. The van der Waals surface area contributed by atoms with Crippen LogP contribution < -0.4 is 5.73 Å². The molecule has 0 bridgehead atoms. The Labute approximate surface area is 83.5 Å². The van der Waals surface area contributed by atoms with Gasteiger partial charge in [-0.05, 0) is 39.7 Å². The number of hydrogen-bond donors (Lipinski definition) is 1. The van der Waals surface area contributed by atoms with Crippen molar-refractivity contribution < 1.29 is 0 Å². The Kier molecular flexibility index (Phi) is 5.57. The molecule has 0 radical (unpaired) electrons. The van der Waals surface area contributed by atoms with Crippen LogP contribution in [0.1, 0.15) is 41.0 Å². The third-order valence-corrected chi connectivity index (χ3v) is 2.32. The van der Waals surface area contributed by atoms with Gasteiger partial charge in [-0.1, -0.05) is 13.8 Å². The van der Waals surface area contributed by atoms with E-state index in [1.807, 2.05) is 0 Å². The van der Waals surface area contributed by atoms with Crippen LogP contribution in [0.4, 0.5) is 0 Å². The Morgan fingerprint density at radius 1 is 1.15 bits per heavy atom. The van der Waals surface area contributed by atoms with Gasteiger partial charge in [0.2, 0.25) is 0 Å². The van der Waals surface area contributed by atoms with Crippen molar-refractivity contribution in [1.82, 2.24) is 4.90 Å². The second kappa shape index (κ2) is 5.61. The first-order valence-electron chi connectivity index (χ1n) is 5.33. The monoisotopic (exact) mass is 186 g/mol. The summed E-state index contributed by atoms with van der Waals surface area (Å²) >= 11 is 0. The van der Waals surface area contributed by atoms with Crippen LogP contribution in [0.5, 0.6) is 0 Å². The fraction of sp³-hybridized carbons (Fsp3) is 1.00. The van der Waals surface area contributed by atoms with E-state index in [1.165, 1.54) is 13.0 Å². The molecule has 0 saturated carbocycles. The zero-order chi connectivity index (χ0) is 10.5. The van der Waals surface area contributed by atoms with E-state index in [9.17, 15) is 0 Å². The molecule has 0 unspecified atom stereocenters. The largest absolute Gasteiger partial charge is 0.329 e. The molecule has 0 aromatic rings. The van der Waals surface area contributed by atoms with Crippen molar-refractivity contribution in [1.29, 1.82) is 0 Å². The molecular formula is C11H26N2. The standard InChI is InChI=1S/C11H26N2/c1-10(2)6-8-13(9-7-12)11(3,4)5/h10H,6-9,12H2,1-5H3. The number of nitrogens with zero attached hydrogens (tertiary/aromatic N) is 1. The van der Waals surface area contributed by atoms with Crippen molar-refractivity contribution in [3.63, 3.8) is 0 Å². The molecule has 0 aliphatic carbocycles. The van der Waals surface area contributed by atoms with Gasteiger partial charge in [0.1, 0.15) is 0 Å². The molecule has 0 heterocycles. The third-order valence-electron chi connectivity index (χ3n) is 2.32. The lowest BCUT2D eigenvalue weighted by Crippen LogP contribution is -2.44. The molecule has 0 aliphatic heterocycles. The third kappa shape index (κ3) is 6.05. The Morgan fingerprint density at radius 3 is 2.00 bits per heavy atom. The van der Waals surface area contributed by atoms with Gasteiger partial charge in [-0.3, -0.25) is 4.90 Å². The first-order valence-corrected chi connectivity index (χ1v) is 5.33. The summed E-state index contributed by atoms with van der Waals surface area (Å²) in [6.45, 7) is 14.2. The molecule has 2 heteroatoms. The Balaban J connectivity index is 3.95. The van der Waals surface area contributed by atoms with E-state index >= 15 is 0 Å². The molecule has 0 amide bonds. The molecule has 0 aliphatic rings. The summed E-state index contributed by atoms with van der Waals surface area (Å²) in [5.41, 5.74) is 5.85. The second-order valence-electron chi connectivity index (χ2n) is 5.13. The average molecular weight is 186 g/mol. The maximum absolute atomic E-state index is 5.59. The quantitative estimate of drug-likeness (QED) is 0.712. The Bertz CT molecular complexity index is 125. The molecule has 0 rings (SSSR count). The molecule has 0 aromatic carbocycles. The van der Waals surface area contributed by atoms with E-state index in [4.69, 9.17) is 5.73 Å². The van der Waals surface area contributed by atoms with Crippen LogP contribution in [0.15, 0.2) is 0 Å². The van der Waals surface area contributed by atoms with E-state index in [2.05, 4.69) is 39.5 Å². The smallest absolute Gasteiger partial charge is 0.0125 e. The predicted octanol–water partition coefficient (Wildman–Crippen LogP) is 2.09. The van der Waals surface area contributed by atoms with E-state index < -0.39 is 0 Å². The molecule has 0 atom stereocenters. The topological polar surface area (TPSA) is 29.3 Å². The number of nitrogens with two attached hydrogens (primary N) is 1. The minimum atomic E-state index is 0.258. The summed E-state index contributed by atoms with van der Waals surface area (Å²) in [6, 6.07) is 0. The van der Waals surface area contributed by atoms with Crippen LogP contribution in [-0.2, 0) is 0 Å². The van der Waals surface area contributed by atoms with Gasteiger partial charge in [-0.2, -0.15) is 0 Å². The molecule has 0 aromatic heterocycles. The lowest BCUT2D eigenvalue weighted by atomic mass is 10.0. The van der Waals surface area contributed by atoms with Crippen LogP contribution >= 0.6 is 0 Å². The highest BCUT2D eigenvalue weighted by Crippen LogP contribution is 2.14. The van der Waals surface area contributed by atoms with Crippen LogP contribution in [0.2, 0.25) is 0 Å². The SMILES string of the molecule is CC(C)CCN(CCN)C(C)(C)C. The van der Waals surface area contributed by atoms with Gasteiger partial charge in [-0.25, -0.2) is 0 Å². The summed E-state index contributed by atoms with van der Waals surface area (Å²) in [7, 11) is 0. The van der Waals surface area contributed by atoms with Crippen LogP contribution in [0.3, 0.4) is 0 Å². The summed E-state index contributed by atoms with van der Waals surface area (Å²) in [5, 5.41) is 0. The number of rotatable bonds is 5. The van der Waals surface area contributed by atoms with E-state index in [1.54, 1.807) is 0 Å². The predicted molar refractivity (Wildman–Crippen MR) is 59.8 cm³/mol. The summed E-state index contributed by atoms with van der Waals surface area (Å²) < 4.78 is 0. The normalized spacial score (nSPS) is 12.9. The molecule has 2 nitrogen and oxygen atoms in total. The van der Waals surface area contributed by atoms with Crippen LogP contribution in [0, 0.1) is 5.92 Å². The summed E-state index contributed by atoms with van der Waals surface area (Å²) in [4.78, 5) is 2.47. The lowest BCUT2D eigenvalue weighted by Gasteiger charge is -2.35. The van der Waals surface area contributed by atoms with E-state index in [-0.39, 0.29) is 5.54 Å². The molecular weight excluding hydrogens is 160 g/mol. The molecule has 80 valence electrons. The zero-order valence-corrected chi connectivity index (χ0v) is 9.93.